The van der Waals surface area contributed by atoms with Gasteiger partial charge in [-0.1, -0.05) is 41.5 Å². The molecule has 0 aromatic rings. The van der Waals surface area contributed by atoms with Gasteiger partial charge in [-0.15, -0.1) is 0 Å². The molecule has 5 nitrogen and oxygen atoms in total. The molecular formula is C16H31NO4Si. The van der Waals surface area contributed by atoms with Crippen LogP contribution in [0.4, 0.5) is 4.79 Å². The lowest BCUT2D eigenvalue weighted by molar-refractivity contribution is -0.132. The molecule has 0 aromatic carbocycles. The minimum Gasteiger partial charge on any atom is -0.465 e. The summed E-state index contributed by atoms with van der Waals surface area (Å²) in [4.78, 5) is 24.8. The molecule has 1 N–H and O–H groups in total. The molecular weight excluding hydrogens is 298 g/mol. The highest BCUT2D eigenvalue weighted by molar-refractivity contribution is 6.74. The molecule has 0 spiro atoms. The van der Waals surface area contributed by atoms with Crippen LogP contribution in [0, 0.1) is 5.41 Å². The van der Waals surface area contributed by atoms with Crippen molar-refractivity contribution in [3.63, 3.8) is 0 Å². The summed E-state index contributed by atoms with van der Waals surface area (Å²) in [5.41, 5.74) is -1.16. The van der Waals surface area contributed by atoms with Crippen LogP contribution < -0.4 is 0 Å². The molecule has 128 valence electrons. The third-order valence-corrected chi connectivity index (χ3v) is 9.97. The molecule has 22 heavy (non-hydrogen) atoms. The molecule has 1 rings (SSSR count). The van der Waals surface area contributed by atoms with E-state index in [2.05, 4.69) is 33.9 Å². The van der Waals surface area contributed by atoms with Crippen molar-refractivity contribution in [1.29, 1.82) is 0 Å². The van der Waals surface area contributed by atoms with Gasteiger partial charge in [0.2, 0.25) is 5.91 Å². The topological polar surface area (TPSA) is 66.8 Å². The number of carbonyl (C=O) groups excluding carboxylic acids is 1. The van der Waals surface area contributed by atoms with Crippen molar-refractivity contribution < 1.29 is 19.1 Å². The first kappa shape index (κ1) is 19.2. The highest BCUT2D eigenvalue weighted by atomic mass is 28.4. The minimum absolute atomic E-state index is 0.0444. The number of likely N-dealkylation sites (tertiary alicyclic amines) is 1. The first-order valence-corrected chi connectivity index (χ1v) is 10.8. The molecule has 1 aliphatic heterocycles. The molecule has 1 aliphatic rings. The number of hydrogen-bond acceptors (Lipinski definition) is 3. The quantitative estimate of drug-likeness (QED) is 0.792. The molecule has 0 aliphatic carbocycles. The lowest BCUT2D eigenvalue weighted by Gasteiger charge is -2.48. The number of nitrogens with zero attached hydrogens (tertiary/aromatic N) is 1. The Morgan fingerprint density at radius 2 is 1.77 bits per heavy atom. The van der Waals surface area contributed by atoms with Gasteiger partial charge in [0.25, 0.3) is 0 Å². The fourth-order valence-electron chi connectivity index (χ4n) is 2.65. The van der Waals surface area contributed by atoms with E-state index < -0.39 is 19.9 Å². The summed E-state index contributed by atoms with van der Waals surface area (Å²) < 4.78 is 6.32. The van der Waals surface area contributed by atoms with Gasteiger partial charge in [-0.25, -0.2) is 9.69 Å². The van der Waals surface area contributed by atoms with Crippen LogP contribution in [0.5, 0.6) is 0 Å². The van der Waals surface area contributed by atoms with E-state index >= 15 is 0 Å². The van der Waals surface area contributed by atoms with Crippen LogP contribution in [0.1, 0.15) is 54.4 Å². The summed E-state index contributed by atoms with van der Waals surface area (Å²) in [5, 5.41) is 9.58. The Bertz CT molecular complexity index is 462. The van der Waals surface area contributed by atoms with Gasteiger partial charge in [0.05, 0.1) is 12.1 Å². The van der Waals surface area contributed by atoms with Gasteiger partial charge in [-0.3, -0.25) is 4.79 Å². The summed E-state index contributed by atoms with van der Waals surface area (Å²) in [6, 6.07) is 0. The van der Waals surface area contributed by atoms with Crippen LogP contribution in [0.2, 0.25) is 18.1 Å². The second kappa shape index (κ2) is 5.64. The van der Waals surface area contributed by atoms with Gasteiger partial charge in [0.1, 0.15) is 0 Å². The zero-order valence-electron chi connectivity index (χ0n) is 15.2. The van der Waals surface area contributed by atoms with Gasteiger partial charge in [-0.05, 0) is 30.0 Å². The fourth-order valence-corrected chi connectivity index (χ4v) is 3.68. The molecule has 1 fully saturated rings. The first-order chi connectivity index (χ1) is 9.66. The van der Waals surface area contributed by atoms with Gasteiger partial charge in [0.15, 0.2) is 8.32 Å². The van der Waals surface area contributed by atoms with E-state index in [0.29, 0.717) is 6.42 Å². The van der Waals surface area contributed by atoms with Gasteiger partial charge >= 0.3 is 6.09 Å². The monoisotopic (exact) mass is 329 g/mol. The Hall–Kier alpha value is -0.883. The lowest BCUT2D eigenvalue weighted by Crippen LogP contribution is -2.61. The van der Waals surface area contributed by atoms with Crippen molar-refractivity contribution in [3.8, 4) is 0 Å². The molecule has 6 heteroatoms. The summed E-state index contributed by atoms with van der Waals surface area (Å²) in [7, 11) is -2.02. The van der Waals surface area contributed by atoms with Crippen LogP contribution >= 0.6 is 0 Å². The number of amides is 2. The van der Waals surface area contributed by atoms with Crippen molar-refractivity contribution in [2.45, 2.75) is 78.1 Å². The average Bonchev–Trinajstić information content (AvgIpc) is 2.63. The van der Waals surface area contributed by atoms with E-state index in [1.165, 1.54) is 0 Å². The maximum atomic E-state index is 12.1. The lowest BCUT2D eigenvalue weighted by atomic mass is 9.72. The maximum Gasteiger partial charge on any atom is 0.414 e. The second-order valence-electron chi connectivity index (χ2n) is 8.84. The van der Waals surface area contributed by atoms with E-state index in [1.807, 2.05) is 20.8 Å². The Kier molecular flexibility index (Phi) is 4.91. The fraction of sp³-hybridized carbons (Fsp3) is 0.875. The molecule has 0 radical (unpaired) electrons. The number of rotatable bonds is 3. The van der Waals surface area contributed by atoms with E-state index in [1.54, 1.807) is 0 Å². The molecule has 2 amide bonds. The van der Waals surface area contributed by atoms with E-state index in [9.17, 15) is 14.7 Å². The van der Waals surface area contributed by atoms with E-state index in [-0.39, 0.29) is 29.4 Å². The molecule has 0 aromatic heterocycles. The first-order valence-electron chi connectivity index (χ1n) is 7.86. The normalized spacial score (nSPS) is 24.0. The second-order valence-corrected chi connectivity index (χ2v) is 13.7. The average molecular weight is 330 g/mol. The molecule has 1 atom stereocenters. The molecule has 1 saturated heterocycles. The Labute approximate surface area is 135 Å². The number of carboxylic acid groups (broad SMARTS) is 1. The standard InChI is InChI=1S/C16H31NO4Si/c1-14(2,3)16(10-9-12(18)17(16)13(19)20)11-21-22(7,8)15(4,5)6/h9-11H2,1-8H3,(H,19,20). The molecule has 1 heterocycles. The Morgan fingerprint density at radius 3 is 2.14 bits per heavy atom. The summed E-state index contributed by atoms with van der Waals surface area (Å²) >= 11 is 0. The van der Waals surface area contributed by atoms with E-state index in [4.69, 9.17) is 4.43 Å². The SMILES string of the molecule is CC(C)(C)C1(CO[Si](C)(C)C(C)(C)C)CCC(=O)N1C(=O)O. The van der Waals surface area contributed by atoms with Crippen molar-refractivity contribution in [2.24, 2.45) is 5.41 Å². The molecule has 1 unspecified atom stereocenters. The van der Waals surface area contributed by atoms with E-state index in [0.717, 1.165) is 4.90 Å². The minimum atomic E-state index is -2.02. The van der Waals surface area contributed by atoms with Crippen molar-refractivity contribution in [2.75, 3.05) is 6.61 Å². The van der Waals surface area contributed by atoms with Crippen LogP contribution in [0.3, 0.4) is 0 Å². The number of hydrogen-bond donors (Lipinski definition) is 1. The van der Waals surface area contributed by atoms with Crippen molar-refractivity contribution >= 4 is 20.3 Å². The Morgan fingerprint density at radius 1 is 1.27 bits per heavy atom. The summed E-state index contributed by atoms with van der Waals surface area (Å²) in [5.74, 6) is -0.318. The third kappa shape index (κ3) is 3.22. The van der Waals surface area contributed by atoms with Crippen LogP contribution in [0.25, 0.3) is 0 Å². The van der Waals surface area contributed by atoms with Gasteiger partial charge in [-0.2, -0.15) is 0 Å². The third-order valence-electron chi connectivity index (χ3n) is 5.50. The van der Waals surface area contributed by atoms with Crippen LogP contribution in [-0.4, -0.2) is 42.5 Å². The summed E-state index contributed by atoms with van der Waals surface area (Å²) in [6.07, 6.45) is -0.378. The zero-order chi connectivity index (χ0) is 17.6. The number of carbonyl (C=O) groups is 2. The van der Waals surface area contributed by atoms with Gasteiger partial charge < -0.3 is 9.53 Å². The van der Waals surface area contributed by atoms with Gasteiger partial charge in [0, 0.05) is 6.42 Å². The highest BCUT2D eigenvalue weighted by Gasteiger charge is 2.57. The maximum absolute atomic E-state index is 12.1. The number of imide groups is 1. The van der Waals surface area contributed by atoms with Crippen molar-refractivity contribution in [3.05, 3.63) is 0 Å². The molecule has 0 saturated carbocycles. The highest BCUT2D eigenvalue weighted by Crippen LogP contribution is 2.46. The largest absolute Gasteiger partial charge is 0.465 e. The van der Waals surface area contributed by atoms with Crippen molar-refractivity contribution in [1.82, 2.24) is 4.90 Å². The predicted octanol–water partition coefficient (Wildman–Crippen LogP) is 4.09. The zero-order valence-corrected chi connectivity index (χ0v) is 16.2. The Balaban J connectivity index is 3.17. The smallest absolute Gasteiger partial charge is 0.414 e. The predicted molar refractivity (Wildman–Crippen MR) is 89.4 cm³/mol. The summed E-state index contributed by atoms with van der Waals surface area (Å²) in [6.45, 7) is 17.0. The molecule has 0 bridgehead atoms. The van der Waals surface area contributed by atoms with Crippen LogP contribution in [-0.2, 0) is 9.22 Å². The van der Waals surface area contributed by atoms with Crippen LogP contribution in [0.15, 0.2) is 0 Å².